The minimum Gasteiger partial charge on any atom is -0.330 e. The molecule has 0 aromatic heterocycles. The molecule has 0 aliphatic carbocycles. The molecule has 3 aromatic carbocycles. The van der Waals surface area contributed by atoms with E-state index in [1.165, 1.54) is 16.3 Å². The lowest BCUT2D eigenvalue weighted by atomic mass is 10.0. The van der Waals surface area contributed by atoms with E-state index in [1.54, 1.807) is 0 Å². The van der Waals surface area contributed by atoms with Crippen LogP contribution in [0.25, 0.3) is 10.8 Å². The van der Waals surface area contributed by atoms with Gasteiger partial charge in [-0.3, -0.25) is 0 Å². The molecule has 0 heterocycles. The van der Waals surface area contributed by atoms with Crippen molar-refractivity contribution in [2.45, 2.75) is 6.42 Å². The van der Waals surface area contributed by atoms with Crippen molar-refractivity contribution in [2.24, 2.45) is 5.73 Å². The zero-order chi connectivity index (χ0) is 14.5. The predicted octanol–water partition coefficient (Wildman–Crippen LogP) is 3.74. The summed E-state index contributed by atoms with van der Waals surface area (Å²) in [5.74, 6) is 6.52. The third-order valence-corrected chi connectivity index (χ3v) is 3.52. The molecule has 0 atom stereocenters. The van der Waals surface area contributed by atoms with Gasteiger partial charge in [-0.05, 0) is 47.5 Å². The van der Waals surface area contributed by atoms with Gasteiger partial charge in [0.15, 0.2) is 0 Å². The van der Waals surface area contributed by atoms with Crippen molar-refractivity contribution in [3.63, 3.8) is 0 Å². The molecule has 102 valence electrons. The first kappa shape index (κ1) is 13.4. The molecule has 0 spiro atoms. The van der Waals surface area contributed by atoms with Crippen LogP contribution in [0.1, 0.15) is 16.7 Å². The summed E-state index contributed by atoms with van der Waals surface area (Å²) in [6.07, 6.45) is 0.914. The highest BCUT2D eigenvalue weighted by atomic mass is 14.5. The monoisotopic (exact) mass is 271 g/mol. The maximum Gasteiger partial charge on any atom is 0.0327 e. The first-order valence-corrected chi connectivity index (χ1v) is 7.15. The number of hydrogen-bond donors (Lipinski definition) is 1. The molecule has 21 heavy (non-hydrogen) atoms. The maximum atomic E-state index is 5.56. The summed E-state index contributed by atoms with van der Waals surface area (Å²) in [4.78, 5) is 0. The molecule has 0 saturated heterocycles. The van der Waals surface area contributed by atoms with Gasteiger partial charge in [-0.25, -0.2) is 0 Å². The van der Waals surface area contributed by atoms with Gasteiger partial charge in [-0.15, -0.1) is 0 Å². The molecule has 0 amide bonds. The Morgan fingerprint density at radius 3 is 2.33 bits per heavy atom. The summed E-state index contributed by atoms with van der Waals surface area (Å²) < 4.78 is 0. The van der Waals surface area contributed by atoms with E-state index in [0.717, 1.165) is 17.5 Å². The van der Waals surface area contributed by atoms with Crippen LogP contribution in [-0.2, 0) is 6.42 Å². The molecule has 1 nitrogen and oxygen atoms in total. The average molecular weight is 271 g/mol. The number of benzene rings is 3. The fourth-order valence-corrected chi connectivity index (χ4v) is 2.40. The fraction of sp³-hybridized carbons (Fsp3) is 0.100. The minimum absolute atomic E-state index is 0.682. The molecule has 2 N–H and O–H groups in total. The van der Waals surface area contributed by atoms with Crippen LogP contribution in [0.3, 0.4) is 0 Å². The molecule has 3 aromatic rings. The van der Waals surface area contributed by atoms with E-state index in [0.29, 0.717) is 6.54 Å². The summed E-state index contributed by atoms with van der Waals surface area (Å²) in [5, 5.41) is 2.43. The van der Waals surface area contributed by atoms with Crippen LogP contribution in [-0.4, -0.2) is 6.54 Å². The van der Waals surface area contributed by atoms with Crippen molar-refractivity contribution in [1.29, 1.82) is 0 Å². The van der Waals surface area contributed by atoms with E-state index in [-0.39, 0.29) is 0 Å². The molecule has 0 radical (unpaired) electrons. The highest BCUT2D eigenvalue weighted by Gasteiger charge is 1.96. The van der Waals surface area contributed by atoms with Gasteiger partial charge in [0.2, 0.25) is 0 Å². The van der Waals surface area contributed by atoms with Crippen molar-refractivity contribution in [2.75, 3.05) is 6.54 Å². The van der Waals surface area contributed by atoms with Gasteiger partial charge in [-0.1, -0.05) is 60.4 Å². The zero-order valence-corrected chi connectivity index (χ0v) is 11.8. The SMILES string of the molecule is NCCc1ccc(C#Cc2cccc3ccccc23)cc1. The third kappa shape index (κ3) is 3.13. The summed E-state index contributed by atoms with van der Waals surface area (Å²) in [7, 11) is 0. The summed E-state index contributed by atoms with van der Waals surface area (Å²) in [5.41, 5.74) is 8.92. The zero-order valence-electron chi connectivity index (χ0n) is 11.8. The molecular weight excluding hydrogens is 254 g/mol. The van der Waals surface area contributed by atoms with Crippen LogP contribution in [0.5, 0.6) is 0 Å². The molecule has 0 aliphatic heterocycles. The number of hydrogen-bond acceptors (Lipinski definition) is 1. The lowest BCUT2D eigenvalue weighted by Crippen LogP contribution is -2.02. The molecular formula is C20H17N. The largest absolute Gasteiger partial charge is 0.330 e. The van der Waals surface area contributed by atoms with Crippen molar-refractivity contribution in [1.82, 2.24) is 0 Å². The highest BCUT2D eigenvalue weighted by Crippen LogP contribution is 2.17. The van der Waals surface area contributed by atoms with Gasteiger partial charge in [0.25, 0.3) is 0 Å². The third-order valence-electron chi connectivity index (χ3n) is 3.52. The van der Waals surface area contributed by atoms with E-state index < -0.39 is 0 Å². The van der Waals surface area contributed by atoms with Crippen molar-refractivity contribution in [3.05, 3.63) is 83.4 Å². The van der Waals surface area contributed by atoms with Crippen LogP contribution in [0.15, 0.2) is 66.7 Å². The molecule has 0 saturated carbocycles. The Balaban J connectivity index is 1.92. The Hall–Kier alpha value is -2.56. The first-order valence-electron chi connectivity index (χ1n) is 7.15. The van der Waals surface area contributed by atoms with Gasteiger partial charge in [-0.2, -0.15) is 0 Å². The van der Waals surface area contributed by atoms with E-state index in [2.05, 4.69) is 78.6 Å². The van der Waals surface area contributed by atoms with E-state index >= 15 is 0 Å². The van der Waals surface area contributed by atoms with Crippen molar-refractivity contribution in [3.8, 4) is 11.8 Å². The quantitative estimate of drug-likeness (QED) is 0.706. The minimum atomic E-state index is 0.682. The van der Waals surface area contributed by atoms with Gasteiger partial charge >= 0.3 is 0 Å². The molecule has 0 bridgehead atoms. The molecule has 0 unspecified atom stereocenters. The normalized spacial score (nSPS) is 10.1. The molecule has 1 heteroatoms. The van der Waals surface area contributed by atoms with Crippen molar-refractivity contribution < 1.29 is 0 Å². The predicted molar refractivity (Wildman–Crippen MR) is 89.1 cm³/mol. The van der Waals surface area contributed by atoms with Gasteiger partial charge in [0.05, 0.1) is 0 Å². The smallest absolute Gasteiger partial charge is 0.0327 e. The van der Waals surface area contributed by atoms with E-state index in [4.69, 9.17) is 5.73 Å². The Kier molecular flexibility index (Phi) is 4.00. The summed E-state index contributed by atoms with van der Waals surface area (Å²) in [6.45, 7) is 0.682. The van der Waals surface area contributed by atoms with Crippen LogP contribution in [0.2, 0.25) is 0 Å². The standard InChI is InChI=1S/C20H17N/c21-15-14-17-10-8-16(9-11-17)12-13-19-6-3-5-18-4-1-2-7-20(18)19/h1-11H,14-15,21H2. The Morgan fingerprint density at radius 2 is 1.52 bits per heavy atom. The fourth-order valence-electron chi connectivity index (χ4n) is 2.40. The van der Waals surface area contributed by atoms with Gasteiger partial charge < -0.3 is 5.73 Å². The first-order chi connectivity index (χ1) is 10.4. The summed E-state index contributed by atoms with van der Waals surface area (Å²) in [6, 6.07) is 22.9. The molecule has 3 rings (SSSR count). The van der Waals surface area contributed by atoms with E-state index in [1.807, 2.05) is 0 Å². The van der Waals surface area contributed by atoms with Crippen LogP contribution in [0, 0.1) is 11.8 Å². The second kappa shape index (κ2) is 6.26. The van der Waals surface area contributed by atoms with Gasteiger partial charge in [0.1, 0.15) is 0 Å². The van der Waals surface area contributed by atoms with E-state index in [9.17, 15) is 0 Å². The van der Waals surface area contributed by atoms with Gasteiger partial charge in [0, 0.05) is 11.1 Å². The van der Waals surface area contributed by atoms with Crippen LogP contribution in [0.4, 0.5) is 0 Å². The number of fused-ring (bicyclic) bond motifs is 1. The molecule has 0 fully saturated rings. The average Bonchev–Trinajstić information content (AvgIpc) is 2.54. The topological polar surface area (TPSA) is 26.0 Å². The van der Waals surface area contributed by atoms with Crippen LogP contribution < -0.4 is 5.73 Å². The second-order valence-corrected chi connectivity index (χ2v) is 5.01. The van der Waals surface area contributed by atoms with Crippen LogP contribution >= 0.6 is 0 Å². The Bertz CT molecular complexity index is 799. The second-order valence-electron chi connectivity index (χ2n) is 5.01. The molecule has 0 aliphatic rings. The lowest BCUT2D eigenvalue weighted by Gasteiger charge is -2.00. The summed E-state index contributed by atoms with van der Waals surface area (Å²) >= 11 is 0. The lowest BCUT2D eigenvalue weighted by molar-refractivity contribution is 0.969. The Labute approximate surface area is 125 Å². The Morgan fingerprint density at radius 1 is 0.762 bits per heavy atom. The number of nitrogens with two attached hydrogens (primary N) is 1. The van der Waals surface area contributed by atoms with Crippen molar-refractivity contribution >= 4 is 10.8 Å². The maximum absolute atomic E-state index is 5.56. The number of rotatable bonds is 2. The highest BCUT2D eigenvalue weighted by molar-refractivity contribution is 5.88.